The van der Waals surface area contributed by atoms with Crippen LogP contribution in [0.1, 0.15) is 25.7 Å². The lowest BCUT2D eigenvalue weighted by molar-refractivity contribution is -0.122. The van der Waals surface area contributed by atoms with Gasteiger partial charge >= 0.3 is 0 Å². The number of halogens is 1. The maximum atomic E-state index is 11.8. The van der Waals surface area contributed by atoms with Gasteiger partial charge in [0.05, 0.1) is 13.0 Å². The summed E-state index contributed by atoms with van der Waals surface area (Å²) in [5.41, 5.74) is 0. The van der Waals surface area contributed by atoms with Crippen LogP contribution in [-0.4, -0.2) is 30.3 Å². The molecule has 1 aliphatic rings. The number of ether oxygens (including phenoxy) is 1. The number of aliphatic hydroxyl groups is 1. The molecule has 1 aromatic rings. The zero-order valence-corrected chi connectivity index (χ0v) is 12.1. The normalized spacial score (nSPS) is 21.7. The highest BCUT2D eigenvalue weighted by molar-refractivity contribution is 6.30. The van der Waals surface area contributed by atoms with Crippen molar-refractivity contribution in [2.45, 2.75) is 31.7 Å². The molecule has 1 aliphatic carbocycles. The van der Waals surface area contributed by atoms with Gasteiger partial charge < -0.3 is 15.2 Å². The molecule has 2 atom stereocenters. The summed E-state index contributed by atoms with van der Waals surface area (Å²) in [6.07, 6.45) is 3.31. The third-order valence-electron chi connectivity index (χ3n) is 3.63. The predicted octanol–water partition coefficient (Wildman–Crippen LogP) is 2.39. The molecule has 1 saturated carbocycles. The Morgan fingerprint density at radius 2 is 2.30 bits per heavy atom. The minimum absolute atomic E-state index is 0.0302. The first-order valence-corrected chi connectivity index (χ1v) is 7.35. The summed E-state index contributed by atoms with van der Waals surface area (Å²) in [5.74, 6) is 0.838. The third-order valence-corrected chi connectivity index (χ3v) is 3.87. The fraction of sp³-hybridized carbons (Fsp3) is 0.533. The quantitative estimate of drug-likeness (QED) is 0.847. The first kappa shape index (κ1) is 15.1. The summed E-state index contributed by atoms with van der Waals surface area (Å²) in [6, 6.07) is 7.22. The zero-order valence-electron chi connectivity index (χ0n) is 11.3. The summed E-state index contributed by atoms with van der Waals surface area (Å²) in [7, 11) is 0. The molecule has 2 N–H and O–H groups in total. The van der Waals surface area contributed by atoms with Crippen LogP contribution in [0.4, 0.5) is 0 Å². The van der Waals surface area contributed by atoms with Crippen molar-refractivity contribution < 1.29 is 14.6 Å². The molecule has 0 radical (unpaired) electrons. The molecule has 20 heavy (non-hydrogen) atoms. The number of rotatable bonds is 6. The standard InChI is InChI=1S/C15H20ClNO3/c16-12-4-2-5-13(9-12)20-8-7-15(19)17-14-6-1-3-11(14)10-18/h2,4-5,9,11,14,18H,1,3,6-8,10H2,(H,17,19). The SMILES string of the molecule is O=C(CCOc1cccc(Cl)c1)NC1CCCC1CO. The van der Waals surface area contributed by atoms with E-state index >= 15 is 0 Å². The number of carbonyl (C=O) groups is 1. The van der Waals surface area contributed by atoms with Crippen molar-refractivity contribution >= 4 is 17.5 Å². The Kier molecular flexibility index (Phi) is 5.68. The molecule has 0 aromatic heterocycles. The van der Waals surface area contributed by atoms with Crippen LogP contribution in [0.15, 0.2) is 24.3 Å². The van der Waals surface area contributed by atoms with Crippen molar-refractivity contribution in [1.82, 2.24) is 5.32 Å². The molecule has 2 unspecified atom stereocenters. The molecule has 110 valence electrons. The van der Waals surface area contributed by atoms with E-state index in [0.717, 1.165) is 19.3 Å². The van der Waals surface area contributed by atoms with Gasteiger partial charge in [-0.05, 0) is 31.0 Å². The van der Waals surface area contributed by atoms with Crippen LogP contribution in [0.2, 0.25) is 5.02 Å². The minimum atomic E-state index is -0.0302. The number of hydrogen-bond donors (Lipinski definition) is 2. The largest absolute Gasteiger partial charge is 0.493 e. The summed E-state index contributed by atoms with van der Waals surface area (Å²) in [6.45, 7) is 0.465. The molecule has 0 heterocycles. The van der Waals surface area contributed by atoms with Crippen molar-refractivity contribution in [2.75, 3.05) is 13.2 Å². The van der Waals surface area contributed by atoms with Gasteiger partial charge in [0.15, 0.2) is 0 Å². The van der Waals surface area contributed by atoms with E-state index in [-0.39, 0.29) is 24.5 Å². The second kappa shape index (κ2) is 7.50. The van der Waals surface area contributed by atoms with E-state index in [1.165, 1.54) is 0 Å². The van der Waals surface area contributed by atoms with Crippen molar-refractivity contribution in [2.24, 2.45) is 5.92 Å². The van der Waals surface area contributed by atoms with Crippen molar-refractivity contribution in [1.29, 1.82) is 0 Å². The lowest BCUT2D eigenvalue weighted by atomic mass is 10.1. The number of amides is 1. The summed E-state index contributed by atoms with van der Waals surface area (Å²) >= 11 is 5.85. The Bertz CT molecular complexity index is 452. The molecular formula is C15H20ClNO3. The van der Waals surface area contributed by atoms with Gasteiger partial charge in [0.1, 0.15) is 5.75 Å². The van der Waals surface area contributed by atoms with E-state index in [0.29, 0.717) is 23.8 Å². The Morgan fingerprint density at radius 3 is 3.05 bits per heavy atom. The molecule has 1 amide bonds. The smallest absolute Gasteiger partial charge is 0.223 e. The van der Waals surface area contributed by atoms with Gasteiger partial charge in [0.2, 0.25) is 5.91 Å². The highest BCUT2D eigenvalue weighted by atomic mass is 35.5. The average molecular weight is 298 g/mol. The monoisotopic (exact) mass is 297 g/mol. The Balaban J connectivity index is 1.70. The maximum absolute atomic E-state index is 11.8. The van der Waals surface area contributed by atoms with Crippen LogP contribution < -0.4 is 10.1 Å². The highest BCUT2D eigenvalue weighted by Gasteiger charge is 2.27. The van der Waals surface area contributed by atoms with E-state index in [4.69, 9.17) is 16.3 Å². The molecule has 1 aromatic carbocycles. The van der Waals surface area contributed by atoms with E-state index in [1.54, 1.807) is 12.1 Å². The van der Waals surface area contributed by atoms with Gasteiger partial charge in [-0.25, -0.2) is 0 Å². The second-order valence-electron chi connectivity index (χ2n) is 5.10. The Labute approximate surface area is 124 Å². The topological polar surface area (TPSA) is 58.6 Å². The van der Waals surface area contributed by atoms with E-state index in [1.807, 2.05) is 12.1 Å². The van der Waals surface area contributed by atoms with Crippen LogP contribution in [-0.2, 0) is 4.79 Å². The van der Waals surface area contributed by atoms with Crippen LogP contribution in [0.5, 0.6) is 5.75 Å². The average Bonchev–Trinajstić information content (AvgIpc) is 2.86. The zero-order chi connectivity index (χ0) is 14.4. The first-order chi connectivity index (χ1) is 9.69. The van der Waals surface area contributed by atoms with Crippen LogP contribution in [0.25, 0.3) is 0 Å². The lowest BCUT2D eigenvalue weighted by Gasteiger charge is -2.19. The Morgan fingerprint density at radius 1 is 1.45 bits per heavy atom. The summed E-state index contributed by atoms with van der Waals surface area (Å²) < 4.78 is 5.48. The summed E-state index contributed by atoms with van der Waals surface area (Å²) in [5, 5.41) is 12.8. The van der Waals surface area contributed by atoms with E-state index in [2.05, 4.69) is 5.32 Å². The molecule has 5 heteroatoms. The molecule has 2 rings (SSSR count). The highest BCUT2D eigenvalue weighted by Crippen LogP contribution is 2.25. The molecule has 4 nitrogen and oxygen atoms in total. The van der Waals surface area contributed by atoms with Crippen LogP contribution in [0.3, 0.4) is 0 Å². The van der Waals surface area contributed by atoms with Crippen molar-refractivity contribution in [3.63, 3.8) is 0 Å². The number of benzene rings is 1. The van der Waals surface area contributed by atoms with Gasteiger partial charge in [-0.15, -0.1) is 0 Å². The van der Waals surface area contributed by atoms with Crippen molar-refractivity contribution in [3.05, 3.63) is 29.3 Å². The second-order valence-corrected chi connectivity index (χ2v) is 5.54. The van der Waals surface area contributed by atoms with Gasteiger partial charge in [-0.3, -0.25) is 4.79 Å². The van der Waals surface area contributed by atoms with Crippen LogP contribution in [0, 0.1) is 5.92 Å². The predicted molar refractivity (Wildman–Crippen MR) is 77.9 cm³/mol. The van der Waals surface area contributed by atoms with Gasteiger partial charge in [-0.2, -0.15) is 0 Å². The van der Waals surface area contributed by atoms with Gasteiger partial charge in [0.25, 0.3) is 0 Å². The molecule has 0 spiro atoms. The molecular weight excluding hydrogens is 278 g/mol. The number of hydrogen-bond acceptors (Lipinski definition) is 3. The molecule has 0 aliphatic heterocycles. The van der Waals surface area contributed by atoms with Crippen LogP contribution >= 0.6 is 11.6 Å². The molecule has 1 fully saturated rings. The van der Waals surface area contributed by atoms with E-state index < -0.39 is 0 Å². The maximum Gasteiger partial charge on any atom is 0.223 e. The van der Waals surface area contributed by atoms with Gasteiger partial charge in [0, 0.05) is 23.6 Å². The molecule has 0 saturated heterocycles. The lowest BCUT2D eigenvalue weighted by Crippen LogP contribution is -2.39. The van der Waals surface area contributed by atoms with Crippen molar-refractivity contribution in [3.8, 4) is 5.75 Å². The minimum Gasteiger partial charge on any atom is -0.493 e. The fourth-order valence-corrected chi connectivity index (χ4v) is 2.72. The fourth-order valence-electron chi connectivity index (χ4n) is 2.54. The Hall–Kier alpha value is -1.26. The third kappa shape index (κ3) is 4.39. The number of carbonyl (C=O) groups excluding carboxylic acids is 1. The van der Waals surface area contributed by atoms with Gasteiger partial charge in [-0.1, -0.05) is 24.1 Å². The summed E-state index contributed by atoms with van der Waals surface area (Å²) in [4.78, 5) is 11.8. The van der Waals surface area contributed by atoms with E-state index in [9.17, 15) is 9.90 Å². The number of aliphatic hydroxyl groups excluding tert-OH is 1. The first-order valence-electron chi connectivity index (χ1n) is 6.97. The molecule has 0 bridgehead atoms. The number of nitrogens with one attached hydrogen (secondary N) is 1.